The van der Waals surface area contributed by atoms with Gasteiger partial charge in [0.2, 0.25) is 0 Å². The van der Waals surface area contributed by atoms with Gasteiger partial charge in [0.15, 0.2) is 0 Å². The number of nitrogens with zero attached hydrogens (tertiary/aromatic N) is 2. The van der Waals surface area contributed by atoms with E-state index in [0.717, 1.165) is 52.6 Å². The summed E-state index contributed by atoms with van der Waals surface area (Å²) in [5, 5.41) is 0. The van der Waals surface area contributed by atoms with Crippen LogP contribution >= 0.6 is 0 Å². The fourth-order valence-corrected chi connectivity index (χ4v) is 2.96. The zero-order chi connectivity index (χ0) is 8.93. The van der Waals surface area contributed by atoms with Crippen LogP contribution in [0.2, 0.25) is 0 Å². The fraction of sp³-hybridized carbons (Fsp3) is 1.00. The molecule has 0 amide bonds. The summed E-state index contributed by atoms with van der Waals surface area (Å²) in [6.45, 7) is 8.13. The van der Waals surface area contributed by atoms with Crippen molar-refractivity contribution in [2.24, 2.45) is 0 Å². The fourth-order valence-electron chi connectivity index (χ4n) is 1.62. The van der Waals surface area contributed by atoms with Crippen LogP contribution in [0.3, 0.4) is 0 Å². The molecule has 0 spiro atoms. The molecule has 2 saturated heterocycles. The summed E-state index contributed by atoms with van der Waals surface area (Å²) in [6, 6.07) is 0. The molecule has 0 aliphatic carbocycles. The molecule has 2 aliphatic rings. The smallest absolute Gasteiger partial charge is 0.379 e. The van der Waals surface area contributed by atoms with E-state index in [-0.39, 0.29) is 0 Å². The van der Waals surface area contributed by atoms with Crippen molar-refractivity contribution >= 4 is 15.7 Å². The molecule has 0 aromatic carbocycles. The van der Waals surface area contributed by atoms with Gasteiger partial charge in [-0.1, -0.05) is 0 Å². The minimum absolute atomic E-state index is 0.332. The molecule has 0 unspecified atom stereocenters. The molecule has 2 aliphatic heterocycles. The Hall–Kier alpha value is 0.372. The van der Waals surface area contributed by atoms with Gasteiger partial charge < -0.3 is 17.2 Å². The molecular weight excluding hydrogens is 183 g/mol. The quantitative estimate of drug-likeness (QED) is 0.543. The second-order valence-corrected chi connectivity index (χ2v) is 5.10. The van der Waals surface area contributed by atoms with Gasteiger partial charge in [0.25, 0.3) is 0 Å². The number of rotatable bonds is 2. The van der Waals surface area contributed by atoms with Gasteiger partial charge >= 0.3 is 15.7 Å². The van der Waals surface area contributed by atoms with Crippen molar-refractivity contribution in [3.63, 3.8) is 0 Å². The summed E-state index contributed by atoms with van der Waals surface area (Å²) in [4.78, 5) is 0. The monoisotopic (exact) mass is 199 g/mol. The van der Waals surface area contributed by atoms with Crippen molar-refractivity contribution in [3.8, 4) is 0 Å². The minimum Gasteiger partial charge on any atom is -0.379 e. The molecule has 4 nitrogen and oxygen atoms in total. The molecule has 13 heavy (non-hydrogen) atoms. The number of ether oxygens (including phenoxy) is 2. The second-order valence-electron chi connectivity index (χ2n) is 3.41. The Balaban J connectivity index is 1.69. The van der Waals surface area contributed by atoms with Crippen molar-refractivity contribution < 1.29 is 9.47 Å². The topological polar surface area (TPSA) is 24.9 Å². The van der Waals surface area contributed by atoms with Crippen LogP contribution in [0.1, 0.15) is 0 Å². The first kappa shape index (κ1) is 9.91. The van der Waals surface area contributed by atoms with Crippen molar-refractivity contribution in [2.45, 2.75) is 0 Å². The molecule has 0 atom stereocenters. The summed E-state index contributed by atoms with van der Waals surface area (Å²) in [5.74, 6) is 0. The van der Waals surface area contributed by atoms with E-state index in [1.807, 2.05) is 0 Å². The van der Waals surface area contributed by atoms with Gasteiger partial charge in [-0.25, -0.2) is 0 Å². The molecule has 0 bridgehead atoms. The maximum atomic E-state index is 5.32. The largest absolute Gasteiger partial charge is 0.455 e. The molecule has 0 N–H and O–H groups in total. The molecule has 2 heterocycles. The summed E-state index contributed by atoms with van der Waals surface area (Å²) in [7, 11) is 0. The van der Waals surface area contributed by atoms with Crippen LogP contribution in [0.15, 0.2) is 0 Å². The average molecular weight is 199 g/mol. The van der Waals surface area contributed by atoms with Gasteiger partial charge in [-0.2, -0.15) is 0 Å². The maximum absolute atomic E-state index is 5.32. The van der Waals surface area contributed by atoms with E-state index in [1.54, 1.807) is 0 Å². The number of hydrogen-bond acceptors (Lipinski definition) is 4. The van der Waals surface area contributed by atoms with Crippen molar-refractivity contribution in [2.75, 3.05) is 52.6 Å². The molecule has 2 rings (SSSR count). The Labute approximate surface area is 85.9 Å². The number of hydrogen-bond donors (Lipinski definition) is 0. The molecule has 1 radical (unpaired) electrons. The van der Waals surface area contributed by atoms with Crippen LogP contribution in [0.25, 0.3) is 0 Å². The zero-order valence-electron chi connectivity index (χ0n) is 7.95. The predicted molar refractivity (Wildman–Crippen MR) is 50.5 cm³/mol. The van der Waals surface area contributed by atoms with Crippen LogP contribution in [0.4, 0.5) is 0 Å². The Bertz CT molecular complexity index is 131. The molecule has 73 valence electrons. The van der Waals surface area contributed by atoms with Crippen LogP contribution in [-0.4, -0.2) is 76.0 Å². The van der Waals surface area contributed by atoms with E-state index in [1.165, 1.54) is 0 Å². The van der Waals surface area contributed by atoms with Crippen LogP contribution in [-0.2, 0) is 9.47 Å². The number of morpholine rings is 2. The van der Waals surface area contributed by atoms with E-state index in [0.29, 0.717) is 15.7 Å². The lowest BCUT2D eigenvalue weighted by atomic mass is 10.5. The van der Waals surface area contributed by atoms with Crippen LogP contribution < -0.4 is 0 Å². The first-order chi connectivity index (χ1) is 6.45. The Kier molecular flexibility index (Phi) is 4.04. The van der Waals surface area contributed by atoms with E-state index < -0.39 is 0 Å². The van der Waals surface area contributed by atoms with Gasteiger partial charge in [-0.3, -0.25) is 0 Å². The van der Waals surface area contributed by atoms with E-state index in [4.69, 9.17) is 9.47 Å². The van der Waals surface area contributed by atoms with Gasteiger partial charge in [0.05, 0.1) is 26.4 Å². The van der Waals surface area contributed by atoms with Crippen molar-refractivity contribution in [1.29, 1.82) is 0 Å². The first-order valence-electron chi connectivity index (χ1n) is 4.94. The van der Waals surface area contributed by atoms with Crippen molar-refractivity contribution in [1.82, 2.24) is 7.77 Å². The van der Waals surface area contributed by atoms with Gasteiger partial charge in [-0.15, -0.1) is 0 Å². The third-order valence-electron chi connectivity index (χ3n) is 2.42. The molecule has 0 aromatic rings. The van der Waals surface area contributed by atoms with Gasteiger partial charge in [-0.05, 0) is 0 Å². The summed E-state index contributed by atoms with van der Waals surface area (Å²) < 4.78 is 15.7. The highest BCUT2D eigenvalue weighted by Crippen LogP contribution is 2.00. The molecular formula is C8H16AlN2O2. The van der Waals surface area contributed by atoms with E-state index >= 15 is 0 Å². The molecule has 2 fully saturated rings. The molecule has 5 heteroatoms. The van der Waals surface area contributed by atoms with E-state index in [9.17, 15) is 0 Å². The summed E-state index contributed by atoms with van der Waals surface area (Å²) >= 11 is 0.332. The standard InChI is InChI=1S/2C4H8NO.Al/c2*1-3-6-4-2-5-1;/h2*1-4H2;/q2*-1;+2. The molecule has 0 saturated carbocycles. The second kappa shape index (κ2) is 5.30. The Morgan fingerprint density at radius 3 is 1.46 bits per heavy atom. The zero-order valence-corrected chi connectivity index (χ0v) is 9.10. The Morgan fingerprint density at radius 1 is 0.692 bits per heavy atom. The average Bonchev–Trinajstić information content (AvgIpc) is 2.21. The highest BCUT2D eigenvalue weighted by atomic mass is 27.1. The first-order valence-corrected chi connectivity index (χ1v) is 5.97. The lowest BCUT2D eigenvalue weighted by molar-refractivity contribution is 0.0531. The summed E-state index contributed by atoms with van der Waals surface area (Å²) in [6.07, 6.45) is 0. The highest BCUT2D eigenvalue weighted by Gasteiger charge is 2.19. The Morgan fingerprint density at radius 2 is 1.08 bits per heavy atom. The van der Waals surface area contributed by atoms with Crippen LogP contribution in [0, 0.1) is 0 Å². The lowest BCUT2D eigenvalue weighted by Crippen LogP contribution is -2.50. The van der Waals surface area contributed by atoms with Gasteiger partial charge in [0, 0.05) is 26.2 Å². The van der Waals surface area contributed by atoms with Crippen molar-refractivity contribution in [3.05, 3.63) is 0 Å². The minimum atomic E-state index is 0.332. The normalized spacial score (nSPS) is 27.4. The lowest BCUT2D eigenvalue weighted by Gasteiger charge is -2.33. The predicted octanol–water partition coefficient (Wildman–Crippen LogP) is -0.815. The van der Waals surface area contributed by atoms with E-state index in [2.05, 4.69) is 7.77 Å². The van der Waals surface area contributed by atoms with Gasteiger partial charge in [0.1, 0.15) is 0 Å². The third kappa shape index (κ3) is 3.21. The third-order valence-corrected chi connectivity index (χ3v) is 4.10. The highest BCUT2D eigenvalue weighted by molar-refractivity contribution is 6.28. The SMILES string of the molecule is C1C[N]([Al][N]2CCOCC2)CCO1. The maximum Gasteiger partial charge on any atom is 0.455 e. The summed E-state index contributed by atoms with van der Waals surface area (Å²) in [5.41, 5.74) is 0. The molecule has 0 aromatic heterocycles. The van der Waals surface area contributed by atoms with Crippen LogP contribution in [0.5, 0.6) is 0 Å².